The minimum absolute atomic E-state index is 0.0576. The zero-order valence-electron chi connectivity index (χ0n) is 14.0. The molecule has 0 spiro atoms. The van der Waals surface area contributed by atoms with Crippen molar-refractivity contribution in [2.45, 2.75) is 49.7 Å². The minimum Gasteiger partial charge on any atom is -0.355 e. The molecule has 8 nitrogen and oxygen atoms in total. The van der Waals surface area contributed by atoms with Gasteiger partial charge in [0.2, 0.25) is 17.0 Å². The van der Waals surface area contributed by atoms with Gasteiger partial charge in [-0.3, -0.25) is 9.59 Å². The van der Waals surface area contributed by atoms with Gasteiger partial charge >= 0.3 is 0 Å². The minimum atomic E-state index is -0.0789. The van der Waals surface area contributed by atoms with Crippen molar-refractivity contribution >= 4 is 23.6 Å². The second-order valence-electron chi connectivity index (χ2n) is 6.44. The Morgan fingerprint density at radius 1 is 1.33 bits per heavy atom. The van der Waals surface area contributed by atoms with Gasteiger partial charge in [0.1, 0.15) is 0 Å². The van der Waals surface area contributed by atoms with Gasteiger partial charge in [-0.05, 0) is 29.7 Å². The Kier molecular flexibility index (Phi) is 5.70. The molecule has 2 fully saturated rings. The van der Waals surface area contributed by atoms with Crippen LogP contribution in [0.5, 0.6) is 0 Å². The van der Waals surface area contributed by atoms with Gasteiger partial charge in [0.15, 0.2) is 0 Å². The second-order valence-corrected chi connectivity index (χ2v) is 7.51. The van der Waals surface area contributed by atoms with Crippen molar-refractivity contribution in [3.8, 4) is 0 Å². The van der Waals surface area contributed by atoms with E-state index in [1.165, 1.54) is 24.6 Å². The quantitative estimate of drug-likeness (QED) is 0.595. The van der Waals surface area contributed by atoms with E-state index in [1.807, 2.05) is 4.90 Å². The first-order valence-corrected chi connectivity index (χ1v) is 9.56. The maximum Gasteiger partial charge on any atom is 0.224 e. The first-order chi connectivity index (χ1) is 11.6. The fraction of sp³-hybridized carbons (Fsp3) is 0.800. The number of amides is 2. The highest BCUT2D eigenvalue weighted by molar-refractivity contribution is 7.99. The SMILES string of the molecule is Cn1nnnc1SCCNC(=O)[C@@H]1CCC(=O)N(C2CCCC2)C1. The molecule has 1 aromatic rings. The molecule has 9 heteroatoms. The van der Waals surface area contributed by atoms with Crippen molar-refractivity contribution in [2.75, 3.05) is 18.8 Å². The van der Waals surface area contributed by atoms with Crippen LogP contribution in [0.25, 0.3) is 0 Å². The fourth-order valence-corrected chi connectivity index (χ4v) is 4.16. The van der Waals surface area contributed by atoms with E-state index in [-0.39, 0.29) is 17.7 Å². The molecule has 132 valence electrons. The lowest BCUT2D eigenvalue weighted by atomic mass is 9.95. The Morgan fingerprint density at radius 3 is 2.83 bits per heavy atom. The van der Waals surface area contributed by atoms with E-state index in [2.05, 4.69) is 20.8 Å². The predicted molar refractivity (Wildman–Crippen MR) is 89.2 cm³/mol. The van der Waals surface area contributed by atoms with Gasteiger partial charge in [-0.2, -0.15) is 0 Å². The number of nitrogens with zero attached hydrogens (tertiary/aromatic N) is 5. The van der Waals surface area contributed by atoms with E-state index in [0.29, 0.717) is 32.0 Å². The topological polar surface area (TPSA) is 93.0 Å². The summed E-state index contributed by atoms with van der Waals surface area (Å²) >= 11 is 1.51. The Bertz CT molecular complexity index is 586. The highest BCUT2D eigenvalue weighted by Gasteiger charge is 2.34. The third kappa shape index (κ3) is 4.06. The van der Waals surface area contributed by atoms with Crippen molar-refractivity contribution in [3.63, 3.8) is 0 Å². The van der Waals surface area contributed by atoms with E-state index < -0.39 is 0 Å². The molecular weight excluding hydrogens is 328 g/mol. The van der Waals surface area contributed by atoms with Crippen LogP contribution < -0.4 is 5.32 Å². The summed E-state index contributed by atoms with van der Waals surface area (Å²) in [4.78, 5) is 26.5. The summed E-state index contributed by atoms with van der Waals surface area (Å²) in [7, 11) is 1.79. The van der Waals surface area contributed by atoms with E-state index in [1.54, 1.807) is 11.7 Å². The average Bonchev–Trinajstić information content (AvgIpc) is 3.24. The number of aryl methyl sites for hydroxylation is 1. The molecule has 3 rings (SSSR count). The molecule has 24 heavy (non-hydrogen) atoms. The van der Waals surface area contributed by atoms with Gasteiger partial charge in [-0.1, -0.05) is 24.6 Å². The van der Waals surface area contributed by atoms with E-state index in [4.69, 9.17) is 0 Å². The number of rotatable bonds is 6. The van der Waals surface area contributed by atoms with E-state index in [9.17, 15) is 9.59 Å². The van der Waals surface area contributed by atoms with Crippen LogP contribution >= 0.6 is 11.8 Å². The van der Waals surface area contributed by atoms with Gasteiger partial charge in [-0.25, -0.2) is 4.68 Å². The Balaban J connectivity index is 1.42. The Morgan fingerprint density at radius 2 is 2.12 bits per heavy atom. The number of hydrogen-bond acceptors (Lipinski definition) is 6. The van der Waals surface area contributed by atoms with Crippen molar-refractivity contribution in [3.05, 3.63) is 0 Å². The van der Waals surface area contributed by atoms with E-state index in [0.717, 1.165) is 23.8 Å². The number of thioether (sulfide) groups is 1. The Labute approximate surface area is 145 Å². The van der Waals surface area contributed by atoms with Gasteiger partial charge in [0.05, 0.1) is 5.92 Å². The number of nitrogens with one attached hydrogen (secondary N) is 1. The van der Waals surface area contributed by atoms with E-state index >= 15 is 0 Å². The summed E-state index contributed by atoms with van der Waals surface area (Å²) in [5.74, 6) is 0.918. The monoisotopic (exact) mass is 352 g/mol. The molecule has 1 aliphatic carbocycles. The molecule has 1 aliphatic heterocycles. The summed E-state index contributed by atoms with van der Waals surface area (Å²) in [5, 5.41) is 15.0. The first-order valence-electron chi connectivity index (χ1n) is 8.57. The van der Waals surface area contributed by atoms with Crippen LogP contribution in [0.15, 0.2) is 5.16 Å². The van der Waals surface area contributed by atoms with Crippen LogP contribution in [0.4, 0.5) is 0 Å². The third-order valence-corrected chi connectivity index (χ3v) is 5.81. The molecule has 0 aromatic carbocycles. The molecule has 1 atom stereocenters. The summed E-state index contributed by atoms with van der Waals surface area (Å²) < 4.78 is 1.61. The number of aromatic nitrogens is 4. The molecule has 2 heterocycles. The number of carbonyl (C=O) groups is 2. The number of piperidine rings is 1. The fourth-order valence-electron chi connectivity index (χ4n) is 3.46. The molecule has 2 aliphatic rings. The number of likely N-dealkylation sites (tertiary alicyclic amines) is 1. The zero-order chi connectivity index (χ0) is 16.9. The van der Waals surface area contributed by atoms with Crippen LogP contribution in [0.1, 0.15) is 38.5 Å². The van der Waals surface area contributed by atoms with Crippen LogP contribution in [-0.2, 0) is 16.6 Å². The van der Waals surface area contributed by atoms with Crippen LogP contribution in [0.3, 0.4) is 0 Å². The molecule has 1 aromatic heterocycles. The smallest absolute Gasteiger partial charge is 0.224 e. The summed E-state index contributed by atoms with van der Waals surface area (Å²) in [6.45, 7) is 1.15. The van der Waals surface area contributed by atoms with Crippen molar-refractivity contribution in [1.29, 1.82) is 0 Å². The lowest BCUT2D eigenvalue weighted by Gasteiger charge is -2.36. The summed E-state index contributed by atoms with van der Waals surface area (Å²) in [5.41, 5.74) is 0. The number of tetrazole rings is 1. The average molecular weight is 352 g/mol. The summed E-state index contributed by atoms with van der Waals surface area (Å²) in [6.07, 6.45) is 5.71. The van der Waals surface area contributed by atoms with Crippen LogP contribution in [0, 0.1) is 5.92 Å². The zero-order valence-corrected chi connectivity index (χ0v) is 14.8. The van der Waals surface area contributed by atoms with Crippen molar-refractivity contribution in [2.24, 2.45) is 13.0 Å². The number of hydrogen-bond donors (Lipinski definition) is 1. The van der Waals surface area contributed by atoms with Gasteiger partial charge in [-0.15, -0.1) is 5.10 Å². The first kappa shape index (κ1) is 17.2. The third-order valence-electron chi connectivity index (χ3n) is 4.79. The highest BCUT2D eigenvalue weighted by atomic mass is 32.2. The standard InChI is InChI=1S/C15H24N6O2S/c1-20-15(17-18-19-20)24-9-8-16-14(23)11-6-7-13(22)21(10-11)12-4-2-3-5-12/h11-12H,2-10H2,1H3,(H,16,23)/t11-/m1/s1. The lowest BCUT2D eigenvalue weighted by Crippen LogP contribution is -2.49. The second kappa shape index (κ2) is 7.96. The highest BCUT2D eigenvalue weighted by Crippen LogP contribution is 2.28. The Hall–Kier alpha value is -1.64. The molecule has 1 saturated carbocycles. The van der Waals surface area contributed by atoms with Gasteiger partial charge < -0.3 is 10.2 Å². The maximum absolute atomic E-state index is 12.4. The normalized spacial score (nSPS) is 22.1. The summed E-state index contributed by atoms with van der Waals surface area (Å²) in [6, 6.07) is 0.354. The molecule has 1 saturated heterocycles. The van der Waals surface area contributed by atoms with Crippen molar-refractivity contribution < 1.29 is 9.59 Å². The van der Waals surface area contributed by atoms with Crippen LogP contribution in [0.2, 0.25) is 0 Å². The van der Waals surface area contributed by atoms with Gasteiger partial charge in [0.25, 0.3) is 0 Å². The molecule has 0 unspecified atom stereocenters. The molecule has 0 bridgehead atoms. The number of carbonyl (C=O) groups excluding carboxylic acids is 2. The van der Waals surface area contributed by atoms with Crippen LogP contribution in [-0.4, -0.2) is 61.8 Å². The molecule has 0 radical (unpaired) electrons. The largest absolute Gasteiger partial charge is 0.355 e. The molecule has 2 amide bonds. The van der Waals surface area contributed by atoms with Crippen molar-refractivity contribution in [1.82, 2.24) is 30.4 Å². The molecule has 1 N–H and O–H groups in total. The molecular formula is C15H24N6O2S. The predicted octanol–water partition coefficient (Wildman–Crippen LogP) is 0.600. The maximum atomic E-state index is 12.4. The van der Waals surface area contributed by atoms with Gasteiger partial charge in [0, 0.05) is 38.4 Å². The lowest BCUT2D eigenvalue weighted by molar-refractivity contribution is -0.140.